The lowest BCUT2D eigenvalue weighted by atomic mass is 9.68. The number of hydrogen-bond donors (Lipinski definition) is 2. The molecule has 2 aliphatic rings. The van der Waals surface area contributed by atoms with E-state index >= 15 is 0 Å². The summed E-state index contributed by atoms with van der Waals surface area (Å²) in [6.45, 7) is 6.05. The third-order valence-electron chi connectivity index (χ3n) is 7.42. The molecule has 1 aromatic rings. The van der Waals surface area contributed by atoms with Crippen LogP contribution < -0.4 is 5.32 Å². The molecule has 1 saturated carbocycles. The summed E-state index contributed by atoms with van der Waals surface area (Å²) in [7, 11) is 1.97. The Labute approximate surface area is 197 Å². The van der Waals surface area contributed by atoms with Gasteiger partial charge in [-0.25, -0.2) is 0 Å². The van der Waals surface area contributed by atoms with Gasteiger partial charge < -0.3 is 20.2 Å². The number of carbonyl (C=O) groups is 3. The zero-order valence-corrected chi connectivity index (χ0v) is 19.9. The van der Waals surface area contributed by atoms with Crippen LogP contribution in [0.1, 0.15) is 62.4 Å². The van der Waals surface area contributed by atoms with E-state index in [2.05, 4.69) is 10.2 Å². The van der Waals surface area contributed by atoms with Crippen molar-refractivity contribution in [3.8, 4) is 0 Å². The van der Waals surface area contributed by atoms with E-state index in [4.69, 9.17) is 0 Å². The highest BCUT2D eigenvalue weighted by Gasteiger charge is 2.52. The molecular formula is C24H32F3N3O4. The fourth-order valence-electron chi connectivity index (χ4n) is 5.12. The van der Waals surface area contributed by atoms with Crippen LogP contribution >= 0.6 is 0 Å². The number of hydrogen-bond acceptors (Lipinski definition) is 4. The number of rotatable bonds is 6. The molecule has 1 saturated heterocycles. The molecule has 2 N–H and O–H groups in total. The second kappa shape index (κ2) is 9.56. The van der Waals surface area contributed by atoms with Crippen LogP contribution in [0, 0.1) is 5.41 Å². The van der Waals surface area contributed by atoms with Gasteiger partial charge in [0.25, 0.3) is 5.91 Å². The molecule has 188 valence electrons. The fraction of sp³-hybridized carbons (Fsp3) is 0.625. The molecule has 4 atom stereocenters. The summed E-state index contributed by atoms with van der Waals surface area (Å²) in [5, 5.41) is 12.6. The number of aliphatic carboxylic acids is 1. The summed E-state index contributed by atoms with van der Waals surface area (Å²) in [5.41, 5.74) is -2.28. The summed E-state index contributed by atoms with van der Waals surface area (Å²) >= 11 is 0. The second-order valence-electron chi connectivity index (χ2n) is 9.86. The average molecular weight is 484 g/mol. The van der Waals surface area contributed by atoms with Gasteiger partial charge in [-0.3, -0.25) is 14.4 Å². The Bertz CT molecular complexity index is 952. The maximum absolute atomic E-state index is 13.2. The molecule has 1 aromatic carbocycles. The Morgan fingerprint density at radius 3 is 2.50 bits per heavy atom. The van der Waals surface area contributed by atoms with Crippen LogP contribution in [0.4, 0.5) is 13.2 Å². The highest BCUT2D eigenvalue weighted by Crippen LogP contribution is 2.42. The minimum absolute atomic E-state index is 0.0754. The number of alkyl halides is 3. The van der Waals surface area contributed by atoms with Gasteiger partial charge >= 0.3 is 12.1 Å². The molecule has 10 heteroatoms. The normalized spacial score (nSPS) is 28.0. The molecule has 3 unspecified atom stereocenters. The third-order valence-corrected chi connectivity index (χ3v) is 7.42. The molecular weight excluding hydrogens is 451 g/mol. The van der Waals surface area contributed by atoms with Crippen molar-refractivity contribution in [1.29, 1.82) is 0 Å². The number of nitrogens with zero attached hydrogens (tertiary/aromatic N) is 2. The van der Waals surface area contributed by atoms with Crippen LogP contribution in [0.3, 0.4) is 0 Å². The number of carboxylic acids is 1. The Hall–Kier alpha value is -2.62. The van der Waals surface area contributed by atoms with Crippen molar-refractivity contribution >= 4 is 17.8 Å². The third kappa shape index (κ3) is 5.06. The van der Waals surface area contributed by atoms with Gasteiger partial charge in [0.1, 0.15) is 6.04 Å². The first-order valence-electron chi connectivity index (χ1n) is 11.5. The van der Waals surface area contributed by atoms with Crippen molar-refractivity contribution in [2.75, 3.05) is 13.6 Å². The SMILES string of the molecule is CC(C)N(C)C1CCC(N2CC[C@H](NC(=O)c3cccc(C(F)(F)F)c3)C2=O)C(C)(C(=O)O)C1. The van der Waals surface area contributed by atoms with Crippen molar-refractivity contribution in [2.24, 2.45) is 5.41 Å². The number of nitrogens with one attached hydrogen (secondary N) is 1. The van der Waals surface area contributed by atoms with E-state index in [0.29, 0.717) is 12.8 Å². The van der Waals surface area contributed by atoms with Crippen molar-refractivity contribution in [2.45, 2.75) is 76.8 Å². The molecule has 7 nitrogen and oxygen atoms in total. The number of amides is 2. The van der Waals surface area contributed by atoms with Gasteiger partial charge in [-0.15, -0.1) is 0 Å². The van der Waals surface area contributed by atoms with E-state index in [1.165, 1.54) is 11.0 Å². The van der Waals surface area contributed by atoms with E-state index in [1.807, 2.05) is 20.9 Å². The van der Waals surface area contributed by atoms with Crippen LogP contribution in [0.15, 0.2) is 24.3 Å². The summed E-state index contributed by atoms with van der Waals surface area (Å²) in [6, 6.07) is 2.93. The topological polar surface area (TPSA) is 90.0 Å². The van der Waals surface area contributed by atoms with Crippen molar-refractivity contribution < 1.29 is 32.7 Å². The van der Waals surface area contributed by atoms with Crippen molar-refractivity contribution in [3.63, 3.8) is 0 Å². The average Bonchev–Trinajstić information content (AvgIpc) is 3.12. The van der Waals surface area contributed by atoms with Gasteiger partial charge in [0, 0.05) is 30.2 Å². The number of carboxylic acid groups (broad SMARTS) is 1. The lowest BCUT2D eigenvalue weighted by molar-refractivity contribution is -0.159. The number of benzene rings is 1. The standard InChI is InChI=1S/C24H32F3N3O4/c1-14(2)29(4)17-8-9-19(23(3,13-17)22(33)34)30-11-10-18(21(30)32)28-20(31)15-6-5-7-16(12-15)24(25,26)27/h5-7,12,14,17-19H,8-11,13H2,1-4H3,(H,28,31)(H,33,34)/t17?,18-,19?,23?/m0/s1. The smallest absolute Gasteiger partial charge is 0.416 e. The highest BCUT2D eigenvalue weighted by molar-refractivity contribution is 5.98. The molecule has 0 radical (unpaired) electrons. The monoisotopic (exact) mass is 483 g/mol. The Morgan fingerprint density at radius 1 is 1.24 bits per heavy atom. The molecule has 2 fully saturated rings. The maximum atomic E-state index is 13.2. The fourth-order valence-corrected chi connectivity index (χ4v) is 5.12. The van der Waals surface area contributed by atoms with Gasteiger partial charge in [-0.2, -0.15) is 13.2 Å². The van der Waals surface area contributed by atoms with Crippen LogP contribution in [0.5, 0.6) is 0 Å². The number of carbonyl (C=O) groups excluding carboxylic acids is 2. The summed E-state index contributed by atoms with van der Waals surface area (Å²) in [6.07, 6.45) is -2.66. The molecule has 1 aliphatic heterocycles. The Kier molecular flexibility index (Phi) is 7.31. The quantitative estimate of drug-likeness (QED) is 0.648. The maximum Gasteiger partial charge on any atom is 0.416 e. The molecule has 1 aliphatic carbocycles. The summed E-state index contributed by atoms with van der Waals surface area (Å²) < 4.78 is 38.9. The summed E-state index contributed by atoms with van der Waals surface area (Å²) in [4.78, 5) is 41.8. The van der Waals surface area contributed by atoms with Crippen molar-refractivity contribution in [3.05, 3.63) is 35.4 Å². The first-order chi connectivity index (χ1) is 15.8. The van der Waals surface area contributed by atoms with E-state index in [9.17, 15) is 32.7 Å². The first-order valence-corrected chi connectivity index (χ1v) is 11.5. The van der Waals surface area contributed by atoms with Gasteiger partial charge in [-0.05, 0) is 71.7 Å². The molecule has 0 bridgehead atoms. The lowest BCUT2D eigenvalue weighted by Crippen LogP contribution is -2.58. The zero-order valence-electron chi connectivity index (χ0n) is 19.9. The largest absolute Gasteiger partial charge is 0.481 e. The predicted molar refractivity (Wildman–Crippen MR) is 119 cm³/mol. The molecule has 2 amide bonds. The molecule has 0 aromatic heterocycles. The van der Waals surface area contributed by atoms with Gasteiger partial charge in [0.15, 0.2) is 0 Å². The van der Waals surface area contributed by atoms with Crippen LogP contribution in [-0.2, 0) is 15.8 Å². The van der Waals surface area contributed by atoms with E-state index in [-0.39, 0.29) is 30.6 Å². The first kappa shape index (κ1) is 26.0. The predicted octanol–water partition coefficient (Wildman–Crippen LogP) is 3.39. The number of likely N-dealkylation sites (tertiary alicyclic amines) is 1. The van der Waals surface area contributed by atoms with Crippen LogP contribution in [-0.4, -0.2) is 70.4 Å². The lowest BCUT2D eigenvalue weighted by Gasteiger charge is -2.48. The van der Waals surface area contributed by atoms with Crippen LogP contribution in [0.2, 0.25) is 0 Å². The minimum Gasteiger partial charge on any atom is -0.481 e. The number of halogens is 3. The van der Waals surface area contributed by atoms with E-state index in [0.717, 1.165) is 24.6 Å². The molecule has 34 heavy (non-hydrogen) atoms. The zero-order chi connectivity index (χ0) is 25.4. The van der Waals surface area contributed by atoms with Crippen LogP contribution in [0.25, 0.3) is 0 Å². The molecule has 3 rings (SSSR count). The summed E-state index contributed by atoms with van der Waals surface area (Å²) in [5.74, 6) is -2.13. The Balaban J connectivity index is 1.73. The molecule has 0 spiro atoms. The highest BCUT2D eigenvalue weighted by atomic mass is 19.4. The second-order valence-corrected chi connectivity index (χ2v) is 9.86. The Morgan fingerprint density at radius 2 is 1.91 bits per heavy atom. The van der Waals surface area contributed by atoms with Gasteiger partial charge in [0.05, 0.1) is 11.0 Å². The van der Waals surface area contributed by atoms with Gasteiger partial charge in [-0.1, -0.05) is 6.07 Å². The van der Waals surface area contributed by atoms with E-state index in [1.54, 1.807) is 6.92 Å². The van der Waals surface area contributed by atoms with E-state index < -0.39 is 47.0 Å². The minimum atomic E-state index is -4.58. The van der Waals surface area contributed by atoms with Gasteiger partial charge in [0.2, 0.25) is 5.91 Å². The van der Waals surface area contributed by atoms with Crippen molar-refractivity contribution in [1.82, 2.24) is 15.1 Å². The molecule has 1 heterocycles.